The fourth-order valence-electron chi connectivity index (χ4n) is 2.30. The van der Waals surface area contributed by atoms with Crippen molar-refractivity contribution in [1.29, 1.82) is 0 Å². The van der Waals surface area contributed by atoms with Crippen LogP contribution in [0.2, 0.25) is 0 Å². The first-order chi connectivity index (χ1) is 9.69. The highest BCUT2D eigenvalue weighted by atomic mass is 32.1. The number of primary amides is 1. The van der Waals surface area contributed by atoms with Crippen LogP contribution in [0, 0.1) is 0 Å². The van der Waals surface area contributed by atoms with Crippen LogP contribution in [0.15, 0.2) is 0 Å². The lowest BCUT2D eigenvalue weighted by Crippen LogP contribution is -2.43. The molecule has 1 aromatic rings. The van der Waals surface area contributed by atoms with Gasteiger partial charge in [-0.15, -0.1) is 0 Å². The minimum atomic E-state index is -0.543. The van der Waals surface area contributed by atoms with Crippen molar-refractivity contribution in [3.05, 3.63) is 4.88 Å². The van der Waals surface area contributed by atoms with E-state index >= 15 is 0 Å². The Balaban J connectivity index is 2.21. The summed E-state index contributed by atoms with van der Waals surface area (Å²) in [6, 6.07) is -0.543. The molecule has 1 fully saturated rings. The van der Waals surface area contributed by atoms with Gasteiger partial charge in [-0.05, 0) is 33.6 Å². The number of carbonyl (C=O) groups excluding carboxylic acids is 2. The van der Waals surface area contributed by atoms with Gasteiger partial charge in [0.1, 0.15) is 16.7 Å². The van der Waals surface area contributed by atoms with Crippen LogP contribution in [0.4, 0.5) is 10.9 Å². The van der Waals surface area contributed by atoms with Gasteiger partial charge in [0.2, 0.25) is 5.91 Å². The normalized spacial score (nSPS) is 18.8. The van der Waals surface area contributed by atoms with Crippen LogP contribution in [-0.2, 0) is 4.79 Å². The lowest BCUT2D eigenvalue weighted by atomic mass is 10.1. The van der Waals surface area contributed by atoms with Crippen molar-refractivity contribution in [2.24, 2.45) is 5.73 Å². The van der Waals surface area contributed by atoms with Crippen LogP contribution in [0.1, 0.15) is 43.3 Å². The van der Waals surface area contributed by atoms with Gasteiger partial charge in [-0.25, -0.2) is 4.98 Å². The SMILES string of the molecule is CC(C)(C)Nc1nc(N)c(C(=O)N2CCCC2C(N)=O)s1. The Bertz CT molecular complexity index is 563. The fraction of sp³-hybridized carbons (Fsp3) is 0.615. The van der Waals surface area contributed by atoms with E-state index < -0.39 is 11.9 Å². The Labute approximate surface area is 127 Å². The Morgan fingerprint density at radius 3 is 2.67 bits per heavy atom. The van der Waals surface area contributed by atoms with Gasteiger partial charge < -0.3 is 21.7 Å². The van der Waals surface area contributed by atoms with E-state index in [-0.39, 0.29) is 17.3 Å². The Morgan fingerprint density at radius 1 is 1.43 bits per heavy atom. The molecule has 1 aliphatic heterocycles. The summed E-state index contributed by atoms with van der Waals surface area (Å²) in [5, 5.41) is 3.78. The molecule has 0 aliphatic carbocycles. The van der Waals surface area contributed by atoms with Crippen LogP contribution in [0.25, 0.3) is 0 Å². The Kier molecular flexibility index (Phi) is 4.08. The summed E-state index contributed by atoms with van der Waals surface area (Å²) in [4.78, 5) is 30.0. The van der Waals surface area contributed by atoms with Crippen LogP contribution < -0.4 is 16.8 Å². The van der Waals surface area contributed by atoms with Crippen molar-refractivity contribution in [1.82, 2.24) is 9.88 Å². The predicted octanol–water partition coefficient (Wildman–Crippen LogP) is 1.03. The highest BCUT2D eigenvalue weighted by molar-refractivity contribution is 7.18. The summed E-state index contributed by atoms with van der Waals surface area (Å²) in [6.45, 7) is 6.51. The van der Waals surface area contributed by atoms with Crippen LogP contribution in [0.3, 0.4) is 0 Å². The van der Waals surface area contributed by atoms with E-state index in [1.807, 2.05) is 20.8 Å². The number of nitrogen functional groups attached to an aromatic ring is 1. The molecule has 1 unspecified atom stereocenters. The van der Waals surface area contributed by atoms with Gasteiger partial charge in [0.05, 0.1) is 0 Å². The van der Waals surface area contributed by atoms with Gasteiger partial charge in [0, 0.05) is 12.1 Å². The maximum absolute atomic E-state index is 12.5. The van der Waals surface area contributed by atoms with Crippen molar-refractivity contribution < 1.29 is 9.59 Å². The first-order valence-electron chi connectivity index (χ1n) is 6.84. The number of nitrogens with one attached hydrogen (secondary N) is 1. The van der Waals surface area contributed by atoms with Crippen molar-refractivity contribution in [3.8, 4) is 0 Å². The third-order valence-electron chi connectivity index (χ3n) is 3.17. The summed E-state index contributed by atoms with van der Waals surface area (Å²) in [5.74, 6) is -0.558. The van der Waals surface area contributed by atoms with E-state index in [1.54, 1.807) is 0 Å². The zero-order valence-corrected chi connectivity index (χ0v) is 13.3. The van der Waals surface area contributed by atoms with E-state index in [4.69, 9.17) is 11.5 Å². The van der Waals surface area contributed by atoms with Crippen LogP contribution >= 0.6 is 11.3 Å². The molecule has 5 N–H and O–H groups in total. The van der Waals surface area contributed by atoms with E-state index in [1.165, 1.54) is 16.2 Å². The molecule has 21 heavy (non-hydrogen) atoms. The number of thiazole rings is 1. The molecular weight excluding hydrogens is 290 g/mol. The minimum absolute atomic E-state index is 0.173. The molecule has 1 aliphatic rings. The van der Waals surface area contributed by atoms with Crippen molar-refractivity contribution in [2.75, 3.05) is 17.6 Å². The number of nitrogens with zero attached hydrogens (tertiary/aromatic N) is 2. The Morgan fingerprint density at radius 2 is 2.10 bits per heavy atom. The first-order valence-corrected chi connectivity index (χ1v) is 7.65. The molecule has 8 heteroatoms. The molecule has 1 atom stereocenters. The summed E-state index contributed by atoms with van der Waals surface area (Å²) < 4.78 is 0. The fourth-order valence-corrected chi connectivity index (χ4v) is 3.34. The van der Waals surface area contributed by atoms with Gasteiger partial charge in [-0.1, -0.05) is 11.3 Å². The highest BCUT2D eigenvalue weighted by Crippen LogP contribution is 2.30. The lowest BCUT2D eigenvalue weighted by Gasteiger charge is -2.21. The first kappa shape index (κ1) is 15.6. The zero-order chi connectivity index (χ0) is 15.8. The van der Waals surface area contributed by atoms with Gasteiger partial charge in [0.15, 0.2) is 5.13 Å². The summed E-state index contributed by atoms with van der Waals surface area (Å²) in [7, 11) is 0. The number of hydrogen-bond donors (Lipinski definition) is 3. The molecule has 116 valence electrons. The third-order valence-corrected chi connectivity index (χ3v) is 4.15. The largest absolute Gasteiger partial charge is 0.382 e. The van der Waals surface area contributed by atoms with Crippen LogP contribution in [0.5, 0.6) is 0 Å². The van der Waals surface area contributed by atoms with Crippen molar-refractivity contribution in [2.45, 2.75) is 45.2 Å². The molecule has 2 heterocycles. The van der Waals surface area contributed by atoms with Gasteiger partial charge in [-0.2, -0.15) is 0 Å². The second kappa shape index (κ2) is 5.51. The third kappa shape index (κ3) is 3.44. The number of carbonyl (C=O) groups is 2. The van der Waals surface area contributed by atoms with Crippen molar-refractivity contribution in [3.63, 3.8) is 0 Å². The zero-order valence-electron chi connectivity index (χ0n) is 12.5. The molecule has 2 amide bonds. The average Bonchev–Trinajstić information content (AvgIpc) is 2.92. The number of amides is 2. The molecule has 0 saturated carbocycles. The van der Waals surface area contributed by atoms with Gasteiger partial charge in [-0.3, -0.25) is 9.59 Å². The monoisotopic (exact) mass is 311 g/mol. The van der Waals surface area contributed by atoms with E-state index in [0.717, 1.165) is 6.42 Å². The molecular formula is C13H21N5O2S. The number of aromatic nitrogens is 1. The molecule has 0 spiro atoms. The maximum Gasteiger partial charge on any atom is 0.268 e. The minimum Gasteiger partial charge on any atom is -0.382 e. The van der Waals surface area contributed by atoms with E-state index in [2.05, 4.69) is 10.3 Å². The van der Waals surface area contributed by atoms with Gasteiger partial charge in [0.25, 0.3) is 5.91 Å². The number of rotatable bonds is 3. The second-order valence-electron chi connectivity index (χ2n) is 6.17. The predicted molar refractivity (Wildman–Crippen MR) is 83.2 cm³/mol. The molecule has 0 radical (unpaired) electrons. The summed E-state index contributed by atoms with van der Waals surface area (Å²) >= 11 is 1.20. The number of anilines is 2. The van der Waals surface area contributed by atoms with Crippen molar-refractivity contribution >= 4 is 34.1 Å². The molecule has 0 bridgehead atoms. The topological polar surface area (TPSA) is 114 Å². The number of likely N-dealkylation sites (tertiary alicyclic amines) is 1. The maximum atomic E-state index is 12.5. The summed E-state index contributed by atoms with van der Waals surface area (Å²) in [5.41, 5.74) is 11.0. The van der Waals surface area contributed by atoms with E-state index in [9.17, 15) is 9.59 Å². The van der Waals surface area contributed by atoms with Crippen LogP contribution in [-0.4, -0.2) is 39.8 Å². The standard InChI is InChI=1S/C13H21N5O2S/c1-13(2,3)17-12-16-9(14)8(21-12)11(20)18-6-4-5-7(18)10(15)19/h7H,4-6,14H2,1-3H3,(H2,15,19)(H,16,17). The lowest BCUT2D eigenvalue weighted by molar-refractivity contribution is -0.121. The molecule has 1 aromatic heterocycles. The quantitative estimate of drug-likeness (QED) is 0.771. The number of hydrogen-bond acceptors (Lipinski definition) is 6. The molecule has 1 saturated heterocycles. The number of nitrogens with two attached hydrogens (primary N) is 2. The average molecular weight is 311 g/mol. The molecule has 2 rings (SSSR count). The smallest absolute Gasteiger partial charge is 0.268 e. The van der Waals surface area contributed by atoms with E-state index in [0.29, 0.717) is 23.0 Å². The molecule has 0 aromatic carbocycles. The molecule has 7 nitrogen and oxygen atoms in total. The summed E-state index contributed by atoms with van der Waals surface area (Å²) in [6.07, 6.45) is 1.37. The van der Waals surface area contributed by atoms with Gasteiger partial charge >= 0.3 is 0 Å². The highest BCUT2D eigenvalue weighted by Gasteiger charge is 2.35. The second-order valence-corrected chi connectivity index (χ2v) is 7.17. The Hall–Kier alpha value is -1.83.